The summed E-state index contributed by atoms with van der Waals surface area (Å²) < 4.78 is 13.5. The number of anilines is 1. The van der Waals surface area contributed by atoms with E-state index in [-0.39, 0.29) is 12.3 Å². The van der Waals surface area contributed by atoms with Crippen LogP contribution in [0.4, 0.5) is 5.69 Å². The molecule has 4 nitrogen and oxygen atoms in total. The van der Waals surface area contributed by atoms with Crippen LogP contribution in [0.1, 0.15) is 56.3 Å². The Bertz CT molecular complexity index is 705. The number of hydrogen-bond donors (Lipinski definition) is 1. The van der Waals surface area contributed by atoms with Gasteiger partial charge in [-0.2, -0.15) is 0 Å². The second-order valence-corrected chi connectivity index (χ2v) is 8.22. The molecule has 2 atom stereocenters. The fourth-order valence-electron chi connectivity index (χ4n) is 3.39. The number of hydrogen-bond acceptors (Lipinski definition) is 5. The lowest BCUT2D eigenvalue weighted by atomic mass is 10.0. The molecular weight excluding hydrogens is 370 g/mol. The normalized spacial score (nSPS) is 17.7. The van der Waals surface area contributed by atoms with Crippen molar-refractivity contribution in [2.24, 2.45) is 0 Å². The lowest BCUT2D eigenvalue weighted by Crippen LogP contribution is -2.22. The number of unbranched alkanes of at least 4 members (excludes halogenated alkanes) is 2. The predicted molar refractivity (Wildman–Crippen MR) is 117 cm³/mol. The van der Waals surface area contributed by atoms with Crippen molar-refractivity contribution in [2.45, 2.75) is 58.0 Å². The third-order valence-electron chi connectivity index (χ3n) is 5.08. The average Bonchev–Trinajstić information content (AvgIpc) is 3.17. The third-order valence-corrected chi connectivity index (χ3v) is 6.23. The largest absolute Gasteiger partial charge is 0.497 e. The molecule has 2 aromatic rings. The summed E-state index contributed by atoms with van der Waals surface area (Å²) in [6.45, 7) is 2.81. The molecule has 0 radical (unpaired) electrons. The highest BCUT2D eigenvalue weighted by Crippen LogP contribution is 2.34. The number of methoxy groups -OCH3 is 1. The maximum Gasteiger partial charge on any atom is 0.137 e. The molecule has 0 saturated carbocycles. The number of benzene rings is 2. The SMILES string of the molecule is CCCCCC(OCc1ccc(OC)cc1)c1ccc(N2SCCC2O)cc1. The van der Waals surface area contributed by atoms with Gasteiger partial charge in [0, 0.05) is 17.9 Å². The Morgan fingerprint density at radius 1 is 1.11 bits per heavy atom. The monoisotopic (exact) mass is 401 g/mol. The summed E-state index contributed by atoms with van der Waals surface area (Å²) in [6.07, 6.45) is 5.11. The average molecular weight is 402 g/mol. The van der Waals surface area contributed by atoms with Crippen molar-refractivity contribution in [3.63, 3.8) is 0 Å². The minimum Gasteiger partial charge on any atom is -0.497 e. The van der Waals surface area contributed by atoms with Crippen LogP contribution in [-0.4, -0.2) is 24.2 Å². The lowest BCUT2D eigenvalue weighted by Gasteiger charge is -2.23. The first-order valence-electron chi connectivity index (χ1n) is 10.2. The van der Waals surface area contributed by atoms with Gasteiger partial charge in [0.05, 0.1) is 19.8 Å². The highest BCUT2D eigenvalue weighted by Gasteiger charge is 2.23. The minimum atomic E-state index is -0.387. The Morgan fingerprint density at radius 2 is 1.86 bits per heavy atom. The van der Waals surface area contributed by atoms with Gasteiger partial charge in [-0.25, -0.2) is 0 Å². The van der Waals surface area contributed by atoms with Crippen molar-refractivity contribution in [1.82, 2.24) is 0 Å². The van der Waals surface area contributed by atoms with E-state index in [1.807, 2.05) is 16.4 Å². The second-order valence-electron chi connectivity index (χ2n) is 7.16. The van der Waals surface area contributed by atoms with Gasteiger partial charge >= 0.3 is 0 Å². The molecule has 1 heterocycles. The van der Waals surface area contributed by atoms with Crippen LogP contribution in [-0.2, 0) is 11.3 Å². The molecule has 0 aliphatic carbocycles. The van der Waals surface area contributed by atoms with Gasteiger partial charge in [0.25, 0.3) is 0 Å². The smallest absolute Gasteiger partial charge is 0.137 e. The lowest BCUT2D eigenvalue weighted by molar-refractivity contribution is 0.0322. The zero-order valence-corrected chi connectivity index (χ0v) is 17.7. The molecule has 0 aromatic heterocycles. The van der Waals surface area contributed by atoms with Crippen molar-refractivity contribution >= 4 is 17.6 Å². The van der Waals surface area contributed by atoms with E-state index in [1.54, 1.807) is 19.1 Å². The van der Waals surface area contributed by atoms with Gasteiger partial charge in [-0.3, -0.25) is 4.31 Å². The standard InChI is InChI=1S/C23H31NO3S/c1-3-4-5-6-22(27-17-18-7-13-21(26-2)14-8-18)19-9-11-20(12-10-19)24-23(25)15-16-28-24/h7-14,22-23,25H,3-6,15-17H2,1-2H3. The quantitative estimate of drug-likeness (QED) is 0.408. The molecule has 1 saturated heterocycles. The first kappa shape index (κ1) is 21.0. The summed E-state index contributed by atoms with van der Waals surface area (Å²) in [6, 6.07) is 16.5. The Balaban J connectivity index is 1.65. The molecule has 1 N–H and O–H groups in total. The van der Waals surface area contributed by atoms with Crippen LogP contribution in [0.3, 0.4) is 0 Å². The van der Waals surface area contributed by atoms with E-state index < -0.39 is 0 Å². The van der Waals surface area contributed by atoms with Crippen LogP contribution in [0.2, 0.25) is 0 Å². The Kier molecular flexibility index (Phi) is 8.07. The topological polar surface area (TPSA) is 41.9 Å². The third kappa shape index (κ3) is 5.66. The summed E-state index contributed by atoms with van der Waals surface area (Å²) in [5.41, 5.74) is 3.41. The van der Waals surface area contributed by atoms with E-state index in [2.05, 4.69) is 43.3 Å². The van der Waals surface area contributed by atoms with Crippen LogP contribution >= 0.6 is 11.9 Å². The first-order valence-corrected chi connectivity index (χ1v) is 11.1. The molecule has 152 valence electrons. The summed E-state index contributed by atoms with van der Waals surface area (Å²) in [4.78, 5) is 0. The van der Waals surface area contributed by atoms with Crippen LogP contribution in [0.15, 0.2) is 48.5 Å². The maximum atomic E-state index is 10.1. The number of ether oxygens (including phenoxy) is 2. The molecule has 1 fully saturated rings. The van der Waals surface area contributed by atoms with Crippen molar-refractivity contribution in [3.05, 3.63) is 59.7 Å². The van der Waals surface area contributed by atoms with Gasteiger partial charge in [0.15, 0.2) is 0 Å². The minimum absolute atomic E-state index is 0.0823. The summed E-state index contributed by atoms with van der Waals surface area (Å²) >= 11 is 1.69. The molecule has 1 aliphatic rings. The molecule has 28 heavy (non-hydrogen) atoms. The Hall–Kier alpha value is -1.69. The van der Waals surface area contributed by atoms with Crippen molar-refractivity contribution in [2.75, 3.05) is 17.2 Å². The van der Waals surface area contributed by atoms with E-state index >= 15 is 0 Å². The van der Waals surface area contributed by atoms with Gasteiger partial charge in [-0.1, -0.05) is 50.5 Å². The van der Waals surface area contributed by atoms with Crippen LogP contribution in [0, 0.1) is 0 Å². The molecule has 0 spiro atoms. The van der Waals surface area contributed by atoms with Crippen molar-refractivity contribution in [1.29, 1.82) is 0 Å². The fourth-order valence-corrected chi connectivity index (χ4v) is 4.45. The maximum absolute atomic E-state index is 10.1. The Morgan fingerprint density at radius 3 is 2.46 bits per heavy atom. The highest BCUT2D eigenvalue weighted by molar-refractivity contribution is 8.00. The van der Waals surface area contributed by atoms with Crippen molar-refractivity contribution in [3.8, 4) is 5.75 Å². The van der Waals surface area contributed by atoms with E-state index in [1.165, 1.54) is 18.4 Å². The molecule has 3 rings (SSSR count). The molecule has 1 aliphatic heterocycles. The fraction of sp³-hybridized carbons (Fsp3) is 0.478. The van der Waals surface area contributed by atoms with Gasteiger partial charge in [0.2, 0.25) is 0 Å². The number of nitrogens with zero attached hydrogens (tertiary/aromatic N) is 1. The predicted octanol–water partition coefficient (Wildman–Crippen LogP) is 5.71. The molecule has 0 bridgehead atoms. The van der Waals surface area contributed by atoms with E-state index in [0.717, 1.165) is 42.0 Å². The number of rotatable bonds is 10. The summed E-state index contributed by atoms with van der Waals surface area (Å²) in [5.74, 6) is 1.83. The Labute approximate surface area is 173 Å². The van der Waals surface area contributed by atoms with E-state index in [0.29, 0.717) is 6.61 Å². The summed E-state index contributed by atoms with van der Waals surface area (Å²) in [7, 11) is 1.68. The van der Waals surface area contributed by atoms with Crippen LogP contribution < -0.4 is 9.04 Å². The number of aliphatic hydroxyl groups is 1. The summed E-state index contributed by atoms with van der Waals surface area (Å²) in [5, 5.41) is 10.1. The molecule has 2 unspecified atom stereocenters. The van der Waals surface area contributed by atoms with Crippen molar-refractivity contribution < 1.29 is 14.6 Å². The first-order chi connectivity index (χ1) is 13.7. The molecular formula is C23H31NO3S. The second kappa shape index (κ2) is 10.7. The number of aliphatic hydroxyl groups excluding tert-OH is 1. The zero-order valence-electron chi connectivity index (χ0n) is 16.8. The molecule has 0 amide bonds. The van der Waals surface area contributed by atoms with Gasteiger partial charge in [-0.15, -0.1) is 0 Å². The van der Waals surface area contributed by atoms with Gasteiger partial charge in [-0.05, 0) is 53.8 Å². The zero-order chi connectivity index (χ0) is 19.8. The van der Waals surface area contributed by atoms with Gasteiger partial charge < -0.3 is 14.6 Å². The van der Waals surface area contributed by atoms with E-state index in [4.69, 9.17) is 9.47 Å². The van der Waals surface area contributed by atoms with Crippen LogP contribution in [0.5, 0.6) is 5.75 Å². The van der Waals surface area contributed by atoms with Crippen LogP contribution in [0.25, 0.3) is 0 Å². The highest BCUT2D eigenvalue weighted by atomic mass is 32.2. The van der Waals surface area contributed by atoms with E-state index in [9.17, 15) is 5.11 Å². The van der Waals surface area contributed by atoms with Gasteiger partial charge in [0.1, 0.15) is 12.0 Å². The molecule has 2 aromatic carbocycles. The molecule has 5 heteroatoms.